The van der Waals surface area contributed by atoms with Crippen LogP contribution in [-0.2, 0) is 11.2 Å². The summed E-state index contributed by atoms with van der Waals surface area (Å²) in [7, 11) is 0. The third-order valence-electron chi connectivity index (χ3n) is 4.88. The number of carbonyl (C=O) groups is 1. The zero-order valence-electron chi connectivity index (χ0n) is 14.3. The molecule has 0 aliphatic carbocycles. The van der Waals surface area contributed by atoms with Crippen molar-refractivity contribution in [2.75, 3.05) is 13.1 Å². The lowest BCUT2D eigenvalue weighted by molar-refractivity contribution is -0.131. The summed E-state index contributed by atoms with van der Waals surface area (Å²) in [5.74, 6) is 0.123. The number of benzene rings is 1. The van der Waals surface area contributed by atoms with Crippen molar-refractivity contribution in [3.63, 3.8) is 0 Å². The summed E-state index contributed by atoms with van der Waals surface area (Å²) in [6.45, 7) is 1.32. The molecule has 134 valence electrons. The summed E-state index contributed by atoms with van der Waals surface area (Å²) >= 11 is 0. The number of hydrogen-bond donors (Lipinski definition) is 1. The number of hydrogen-bond acceptors (Lipinski definition) is 4. The molecule has 1 saturated heterocycles. The fraction of sp³-hybridized carbons (Fsp3) is 0.333. The normalized spacial score (nSPS) is 15.3. The van der Waals surface area contributed by atoms with Gasteiger partial charge in [0.2, 0.25) is 5.91 Å². The summed E-state index contributed by atoms with van der Waals surface area (Å²) in [6, 6.07) is 8.04. The minimum atomic E-state index is -0.187. The third-order valence-corrected chi connectivity index (χ3v) is 4.88. The number of H-pyrrole nitrogens is 1. The van der Waals surface area contributed by atoms with E-state index in [4.69, 9.17) is 0 Å². The van der Waals surface area contributed by atoms with Crippen molar-refractivity contribution >= 4 is 5.91 Å². The van der Waals surface area contributed by atoms with Gasteiger partial charge in [0.25, 0.3) is 0 Å². The van der Waals surface area contributed by atoms with Gasteiger partial charge in [-0.15, -0.1) is 0 Å². The Bertz CT molecular complexity index is 917. The maximum absolute atomic E-state index is 12.6. The van der Waals surface area contributed by atoms with Crippen LogP contribution in [0.25, 0.3) is 5.69 Å². The Kier molecular flexibility index (Phi) is 4.39. The van der Waals surface area contributed by atoms with Gasteiger partial charge in [-0.25, -0.2) is 14.9 Å². The smallest absolute Gasteiger partial charge is 0.342 e. The number of nitrogens with zero attached hydrogens (tertiary/aromatic N) is 5. The second-order valence-corrected chi connectivity index (χ2v) is 6.49. The predicted octanol–water partition coefficient (Wildman–Crippen LogP) is 1.16. The Morgan fingerprint density at radius 1 is 1.15 bits per heavy atom. The van der Waals surface area contributed by atoms with Crippen LogP contribution in [0.15, 0.2) is 54.1 Å². The molecule has 8 heteroatoms. The molecule has 0 unspecified atom stereocenters. The first-order valence-corrected chi connectivity index (χ1v) is 8.67. The summed E-state index contributed by atoms with van der Waals surface area (Å²) in [4.78, 5) is 30.1. The van der Waals surface area contributed by atoms with Gasteiger partial charge in [0.15, 0.2) is 0 Å². The van der Waals surface area contributed by atoms with Gasteiger partial charge < -0.3 is 9.47 Å². The quantitative estimate of drug-likeness (QED) is 0.763. The molecule has 1 amide bonds. The van der Waals surface area contributed by atoms with Crippen molar-refractivity contribution in [2.24, 2.45) is 0 Å². The first-order chi connectivity index (χ1) is 12.7. The van der Waals surface area contributed by atoms with Crippen molar-refractivity contribution in [3.8, 4) is 5.69 Å². The average molecular weight is 352 g/mol. The second-order valence-electron chi connectivity index (χ2n) is 6.49. The molecule has 1 aliphatic rings. The monoisotopic (exact) mass is 352 g/mol. The van der Waals surface area contributed by atoms with E-state index in [-0.39, 0.29) is 17.6 Å². The van der Waals surface area contributed by atoms with E-state index < -0.39 is 0 Å². The molecule has 0 spiro atoms. The molecule has 1 aliphatic heterocycles. The number of rotatable bonds is 4. The van der Waals surface area contributed by atoms with Crippen LogP contribution in [0, 0.1) is 0 Å². The molecule has 4 rings (SSSR count). The van der Waals surface area contributed by atoms with Crippen LogP contribution in [0.5, 0.6) is 0 Å². The topological polar surface area (TPSA) is 88.8 Å². The molecule has 8 nitrogen and oxygen atoms in total. The molecular formula is C18H20N6O2. The van der Waals surface area contributed by atoms with Crippen LogP contribution in [0.4, 0.5) is 0 Å². The number of carbonyl (C=O) groups excluding carboxylic acids is 1. The van der Waals surface area contributed by atoms with Crippen LogP contribution in [0.3, 0.4) is 0 Å². The lowest BCUT2D eigenvalue weighted by Gasteiger charge is -2.32. The maximum atomic E-state index is 12.6. The van der Waals surface area contributed by atoms with E-state index in [1.54, 1.807) is 17.1 Å². The Morgan fingerprint density at radius 2 is 1.92 bits per heavy atom. The number of imidazole rings is 1. The van der Waals surface area contributed by atoms with Gasteiger partial charge in [0, 0.05) is 37.2 Å². The number of nitrogens with one attached hydrogen (secondary N) is 1. The van der Waals surface area contributed by atoms with Gasteiger partial charge in [-0.3, -0.25) is 9.36 Å². The van der Waals surface area contributed by atoms with Crippen molar-refractivity contribution in [1.29, 1.82) is 0 Å². The zero-order valence-corrected chi connectivity index (χ0v) is 14.3. The molecule has 1 N–H and O–H groups in total. The molecule has 3 aromatic rings. The minimum Gasteiger partial charge on any atom is -0.342 e. The lowest BCUT2D eigenvalue weighted by atomic mass is 10.0. The average Bonchev–Trinajstić information content (AvgIpc) is 3.34. The van der Waals surface area contributed by atoms with E-state index in [0.29, 0.717) is 19.5 Å². The van der Waals surface area contributed by atoms with Crippen LogP contribution >= 0.6 is 0 Å². The molecule has 1 aromatic carbocycles. The SMILES string of the molecule is O=C(Cc1ccc(-n2ccnc2)cc1)N1CCC(n2cn[nH]c2=O)CC1. The molecule has 26 heavy (non-hydrogen) atoms. The summed E-state index contributed by atoms with van der Waals surface area (Å²) in [5.41, 5.74) is 1.82. The Balaban J connectivity index is 1.34. The molecular weight excluding hydrogens is 332 g/mol. The van der Waals surface area contributed by atoms with E-state index in [2.05, 4.69) is 15.2 Å². The fourth-order valence-electron chi connectivity index (χ4n) is 3.39. The molecule has 0 radical (unpaired) electrons. The van der Waals surface area contributed by atoms with Crippen molar-refractivity contribution < 1.29 is 4.79 Å². The highest BCUT2D eigenvalue weighted by atomic mass is 16.2. The van der Waals surface area contributed by atoms with E-state index >= 15 is 0 Å². The minimum absolute atomic E-state index is 0.111. The van der Waals surface area contributed by atoms with Crippen molar-refractivity contribution in [3.05, 3.63) is 65.4 Å². The van der Waals surface area contributed by atoms with E-state index in [9.17, 15) is 9.59 Å². The number of amides is 1. The maximum Gasteiger partial charge on any atom is 0.343 e. The molecule has 0 saturated carbocycles. The van der Waals surface area contributed by atoms with Crippen molar-refractivity contribution in [1.82, 2.24) is 29.2 Å². The second kappa shape index (κ2) is 6.99. The molecule has 3 heterocycles. The molecule has 0 atom stereocenters. The van der Waals surface area contributed by atoms with E-state index in [1.165, 1.54) is 6.33 Å². The van der Waals surface area contributed by atoms with Gasteiger partial charge in [-0.2, -0.15) is 5.10 Å². The van der Waals surface area contributed by atoms with Gasteiger partial charge in [0.1, 0.15) is 6.33 Å². The highest BCUT2D eigenvalue weighted by molar-refractivity contribution is 5.79. The van der Waals surface area contributed by atoms with Gasteiger partial charge in [-0.1, -0.05) is 12.1 Å². The van der Waals surface area contributed by atoms with E-state index in [0.717, 1.165) is 24.1 Å². The standard InChI is InChI=1S/C18H20N6O2/c25-17(11-14-1-3-15(4-2-14)23-10-7-19-12-23)22-8-5-16(6-9-22)24-13-20-21-18(24)26/h1-4,7,10,12-13,16H,5-6,8-9,11H2,(H,21,26). The van der Waals surface area contributed by atoms with Crippen LogP contribution in [0.2, 0.25) is 0 Å². The predicted molar refractivity (Wildman–Crippen MR) is 95.0 cm³/mol. The van der Waals surface area contributed by atoms with Crippen molar-refractivity contribution in [2.45, 2.75) is 25.3 Å². The highest BCUT2D eigenvalue weighted by Gasteiger charge is 2.24. The van der Waals surface area contributed by atoms with E-state index in [1.807, 2.05) is 39.9 Å². The van der Waals surface area contributed by atoms with Gasteiger partial charge in [0.05, 0.1) is 12.7 Å². The molecule has 1 fully saturated rings. The largest absolute Gasteiger partial charge is 0.343 e. The number of aromatic amines is 1. The Hall–Kier alpha value is -3.16. The summed E-state index contributed by atoms with van der Waals surface area (Å²) in [5, 5.41) is 6.19. The first kappa shape index (κ1) is 16.3. The number of likely N-dealkylation sites (tertiary alicyclic amines) is 1. The number of aromatic nitrogens is 5. The Morgan fingerprint density at radius 3 is 2.54 bits per heavy atom. The molecule has 2 aromatic heterocycles. The Labute approximate surface area is 150 Å². The van der Waals surface area contributed by atoms with Crippen LogP contribution < -0.4 is 5.69 Å². The fourth-order valence-corrected chi connectivity index (χ4v) is 3.39. The summed E-state index contributed by atoms with van der Waals surface area (Å²) < 4.78 is 3.55. The first-order valence-electron chi connectivity index (χ1n) is 8.67. The number of piperidine rings is 1. The molecule has 0 bridgehead atoms. The van der Waals surface area contributed by atoms with Gasteiger partial charge >= 0.3 is 5.69 Å². The third kappa shape index (κ3) is 3.30. The zero-order chi connectivity index (χ0) is 17.9. The van der Waals surface area contributed by atoms with Gasteiger partial charge in [-0.05, 0) is 30.5 Å². The lowest BCUT2D eigenvalue weighted by Crippen LogP contribution is -2.41. The van der Waals surface area contributed by atoms with Crippen LogP contribution in [0.1, 0.15) is 24.4 Å². The van der Waals surface area contributed by atoms with Crippen LogP contribution in [-0.4, -0.2) is 48.2 Å². The summed E-state index contributed by atoms with van der Waals surface area (Å²) in [6.07, 6.45) is 8.83. The highest BCUT2D eigenvalue weighted by Crippen LogP contribution is 2.21.